The van der Waals surface area contributed by atoms with Crippen LogP contribution in [0.1, 0.15) is 46.5 Å². The smallest absolute Gasteiger partial charge is 0.308 e. The molecule has 0 heterocycles. The van der Waals surface area contributed by atoms with E-state index in [0.717, 1.165) is 6.42 Å². The van der Waals surface area contributed by atoms with Gasteiger partial charge in [-0.1, -0.05) is 12.8 Å². The van der Waals surface area contributed by atoms with Crippen molar-refractivity contribution in [1.29, 1.82) is 0 Å². The average molecular weight is 200 g/mol. The van der Waals surface area contributed by atoms with E-state index in [9.17, 15) is 9.90 Å². The van der Waals surface area contributed by atoms with Crippen molar-refractivity contribution in [1.82, 2.24) is 0 Å². The molecule has 0 saturated heterocycles. The third-order valence-corrected chi connectivity index (χ3v) is 2.12. The van der Waals surface area contributed by atoms with Crippen LogP contribution in [0, 0.1) is 5.92 Å². The van der Waals surface area contributed by atoms with Gasteiger partial charge in [0.05, 0.1) is 12.5 Å². The van der Waals surface area contributed by atoms with Crippen LogP contribution < -0.4 is 0 Å². The van der Waals surface area contributed by atoms with Crippen LogP contribution in [-0.4, -0.2) is 22.8 Å². The van der Waals surface area contributed by atoms with Crippen LogP contribution in [0.5, 0.6) is 0 Å². The van der Waals surface area contributed by atoms with E-state index in [0.29, 0.717) is 5.92 Å². The highest BCUT2D eigenvalue weighted by Crippen LogP contribution is 2.34. The van der Waals surface area contributed by atoms with Crippen molar-refractivity contribution >= 4 is 5.97 Å². The first-order valence-corrected chi connectivity index (χ1v) is 5.27. The molecule has 1 saturated carbocycles. The molecule has 0 aromatic rings. The molecule has 0 aromatic heterocycles. The molecular weight excluding hydrogens is 180 g/mol. The van der Waals surface area contributed by atoms with Crippen LogP contribution in [0.2, 0.25) is 0 Å². The van der Waals surface area contributed by atoms with E-state index in [2.05, 4.69) is 0 Å². The van der Waals surface area contributed by atoms with Crippen molar-refractivity contribution in [2.75, 3.05) is 0 Å². The normalized spacial score (nSPS) is 19.1. The van der Waals surface area contributed by atoms with Crippen molar-refractivity contribution in [3.05, 3.63) is 0 Å². The fourth-order valence-electron chi connectivity index (χ4n) is 1.40. The van der Waals surface area contributed by atoms with E-state index in [1.165, 1.54) is 12.8 Å². The minimum Gasteiger partial charge on any atom is -0.460 e. The first-order valence-electron chi connectivity index (χ1n) is 5.27. The number of hydrogen-bond acceptors (Lipinski definition) is 3. The van der Waals surface area contributed by atoms with E-state index in [4.69, 9.17) is 4.74 Å². The number of carbonyl (C=O) groups is 1. The summed E-state index contributed by atoms with van der Waals surface area (Å²) in [6.07, 6.45) is 2.77. The van der Waals surface area contributed by atoms with Gasteiger partial charge in [0, 0.05) is 0 Å². The highest BCUT2D eigenvalue weighted by Gasteiger charge is 2.26. The summed E-state index contributed by atoms with van der Waals surface area (Å²) >= 11 is 0. The highest BCUT2D eigenvalue weighted by atomic mass is 16.6. The van der Waals surface area contributed by atoms with Gasteiger partial charge < -0.3 is 9.84 Å². The molecule has 1 rings (SSSR count). The summed E-state index contributed by atoms with van der Waals surface area (Å²) in [6, 6.07) is 0. The second-order valence-electron chi connectivity index (χ2n) is 5.12. The maximum Gasteiger partial charge on any atom is 0.308 e. The molecule has 1 unspecified atom stereocenters. The Morgan fingerprint density at radius 1 is 1.50 bits per heavy atom. The molecule has 1 N–H and O–H groups in total. The topological polar surface area (TPSA) is 46.5 Å². The van der Waals surface area contributed by atoms with E-state index >= 15 is 0 Å². The molecule has 0 aliphatic heterocycles. The molecule has 1 aliphatic rings. The number of esters is 1. The lowest BCUT2D eigenvalue weighted by atomic mass is 10.1. The van der Waals surface area contributed by atoms with Gasteiger partial charge >= 0.3 is 5.97 Å². The molecule has 1 aliphatic carbocycles. The number of hydrogen-bond donors (Lipinski definition) is 1. The molecule has 1 atom stereocenters. The molecule has 0 bridgehead atoms. The van der Waals surface area contributed by atoms with Gasteiger partial charge in [-0.3, -0.25) is 4.79 Å². The lowest BCUT2D eigenvalue weighted by Gasteiger charge is -2.20. The van der Waals surface area contributed by atoms with Gasteiger partial charge in [-0.05, 0) is 33.1 Å². The number of aliphatic hydroxyl groups excluding tert-OH is 1. The predicted molar refractivity (Wildman–Crippen MR) is 53.8 cm³/mol. The van der Waals surface area contributed by atoms with E-state index in [-0.39, 0.29) is 12.4 Å². The highest BCUT2D eigenvalue weighted by molar-refractivity contribution is 5.70. The number of carbonyl (C=O) groups excluding carboxylic acids is 1. The Bertz CT molecular complexity index is 201. The third-order valence-electron chi connectivity index (χ3n) is 2.12. The fraction of sp³-hybridized carbons (Fsp3) is 0.909. The summed E-state index contributed by atoms with van der Waals surface area (Å²) < 4.78 is 5.11. The average Bonchev–Trinajstić information content (AvgIpc) is 2.64. The molecule has 0 spiro atoms. The maximum atomic E-state index is 11.3. The van der Waals surface area contributed by atoms with Gasteiger partial charge in [-0.25, -0.2) is 0 Å². The van der Waals surface area contributed by atoms with Crippen LogP contribution in [0.25, 0.3) is 0 Å². The zero-order chi connectivity index (χ0) is 10.8. The molecule has 0 amide bonds. The number of aliphatic hydroxyl groups is 1. The Kier molecular flexibility index (Phi) is 3.53. The molecule has 0 radical (unpaired) electrons. The standard InChI is InChI=1S/C11H20O3/c1-11(2,3)14-10(13)7-9(12)6-8-4-5-8/h8-9,12H,4-7H2,1-3H3. The Morgan fingerprint density at radius 2 is 2.07 bits per heavy atom. The van der Waals surface area contributed by atoms with Crippen molar-refractivity contribution in [2.45, 2.75) is 58.2 Å². The fourth-order valence-corrected chi connectivity index (χ4v) is 1.40. The minimum absolute atomic E-state index is 0.133. The predicted octanol–water partition coefficient (Wildman–Crippen LogP) is 1.88. The Labute approximate surface area is 85.5 Å². The van der Waals surface area contributed by atoms with Gasteiger partial charge in [0.15, 0.2) is 0 Å². The van der Waals surface area contributed by atoms with Crippen LogP contribution >= 0.6 is 0 Å². The Balaban J connectivity index is 2.18. The quantitative estimate of drug-likeness (QED) is 0.705. The van der Waals surface area contributed by atoms with E-state index in [1.54, 1.807) is 0 Å². The van der Waals surface area contributed by atoms with Crippen molar-refractivity contribution in [3.8, 4) is 0 Å². The first-order chi connectivity index (χ1) is 6.37. The SMILES string of the molecule is CC(C)(C)OC(=O)CC(O)CC1CC1. The summed E-state index contributed by atoms with van der Waals surface area (Å²) in [6.45, 7) is 5.49. The summed E-state index contributed by atoms with van der Waals surface area (Å²) in [7, 11) is 0. The van der Waals surface area contributed by atoms with Crippen LogP contribution in [-0.2, 0) is 9.53 Å². The van der Waals surface area contributed by atoms with E-state index in [1.807, 2.05) is 20.8 Å². The lowest BCUT2D eigenvalue weighted by Crippen LogP contribution is -2.26. The molecule has 14 heavy (non-hydrogen) atoms. The van der Waals surface area contributed by atoms with Gasteiger partial charge in [-0.2, -0.15) is 0 Å². The second-order valence-corrected chi connectivity index (χ2v) is 5.12. The minimum atomic E-state index is -0.516. The van der Waals surface area contributed by atoms with Crippen LogP contribution in [0.15, 0.2) is 0 Å². The molecular formula is C11H20O3. The van der Waals surface area contributed by atoms with E-state index < -0.39 is 11.7 Å². The third kappa shape index (κ3) is 5.22. The zero-order valence-corrected chi connectivity index (χ0v) is 9.25. The summed E-state index contributed by atoms with van der Waals surface area (Å²) in [5, 5.41) is 9.53. The second kappa shape index (κ2) is 4.30. The zero-order valence-electron chi connectivity index (χ0n) is 9.25. The molecule has 82 valence electrons. The number of rotatable bonds is 4. The molecule has 3 nitrogen and oxygen atoms in total. The Morgan fingerprint density at radius 3 is 2.50 bits per heavy atom. The van der Waals surface area contributed by atoms with Gasteiger partial charge in [0.1, 0.15) is 5.60 Å². The summed E-state index contributed by atoms with van der Waals surface area (Å²) in [5.74, 6) is 0.345. The van der Waals surface area contributed by atoms with Gasteiger partial charge in [-0.15, -0.1) is 0 Å². The largest absolute Gasteiger partial charge is 0.460 e. The van der Waals surface area contributed by atoms with Crippen molar-refractivity contribution < 1.29 is 14.6 Å². The molecule has 0 aromatic carbocycles. The summed E-state index contributed by atoms with van der Waals surface area (Å²) in [5.41, 5.74) is -0.448. The monoisotopic (exact) mass is 200 g/mol. The molecule has 1 fully saturated rings. The van der Waals surface area contributed by atoms with Crippen LogP contribution in [0.3, 0.4) is 0 Å². The summed E-state index contributed by atoms with van der Waals surface area (Å²) in [4.78, 5) is 11.3. The van der Waals surface area contributed by atoms with Crippen molar-refractivity contribution in [3.63, 3.8) is 0 Å². The maximum absolute atomic E-state index is 11.3. The Hall–Kier alpha value is -0.570. The number of ether oxygens (including phenoxy) is 1. The lowest BCUT2D eigenvalue weighted by molar-refractivity contribution is -0.157. The molecule has 3 heteroatoms. The van der Waals surface area contributed by atoms with Crippen molar-refractivity contribution in [2.24, 2.45) is 5.92 Å². The first kappa shape index (κ1) is 11.5. The van der Waals surface area contributed by atoms with Gasteiger partial charge in [0.2, 0.25) is 0 Å². The van der Waals surface area contributed by atoms with Crippen LogP contribution in [0.4, 0.5) is 0 Å². The van der Waals surface area contributed by atoms with Gasteiger partial charge in [0.25, 0.3) is 0 Å².